The lowest BCUT2D eigenvalue weighted by molar-refractivity contribution is -0.133. The van der Waals surface area contributed by atoms with Crippen LogP contribution in [-0.4, -0.2) is 21.8 Å². The maximum absolute atomic E-state index is 10.6. The average molecular weight is 293 g/mol. The zero-order valence-corrected chi connectivity index (χ0v) is 12.7. The molecule has 1 aromatic heterocycles. The number of carboxylic acid groups (broad SMARTS) is 1. The highest BCUT2D eigenvalue weighted by Gasteiger charge is 2.11. The lowest BCUT2D eigenvalue weighted by Gasteiger charge is -2.08. The number of carboxylic acids is 1. The third-order valence-electron chi connectivity index (χ3n) is 2.74. The van der Waals surface area contributed by atoms with Crippen molar-refractivity contribution in [1.29, 1.82) is 0 Å². The second-order valence-electron chi connectivity index (χ2n) is 4.45. The smallest absolute Gasteiger partial charge is 0.313 e. The maximum atomic E-state index is 10.6. The molecule has 0 aliphatic heterocycles. The summed E-state index contributed by atoms with van der Waals surface area (Å²) < 4.78 is 0.803. The van der Waals surface area contributed by atoms with E-state index >= 15 is 0 Å². The quantitative estimate of drug-likeness (QED) is 0.868. The van der Waals surface area contributed by atoms with Crippen LogP contribution in [0.1, 0.15) is 16.7 Å². The minimum atomic E-state index is -0.815. The van der Waals surface area contributed by atoms with Crippen LogP contribution in [0.25, 0.3) is 11.3 Å². The Labute approximate surface area is 120 Å². The molecule has 1 heterocycles. The van der Waals surface area contributed by atoms with E-state index in [4.69, 9.17) is 5.11 Å². The number of hydrogen-bond donors (Lipinski definition) is 1. The third-order valence-corrected chi connectivity index (χ3v) is 4.74. The summed E-state index contributed by atoms with van der Waals surface area (Å²) in [5.74, 6) is -0.761. The van der Waals surface area contributed by atoms with E-state index in [1.54, 1.807) is 0 Å². The van der Waals surface area contributed by atoms with Crippen molar-refractivity contribution in [3.63, 3.8) is 0 Å². The predicted molar refractivity (Wildman–Crippen MR) is 80.1 cm³/mol. The maximum Gasteiger partial charge on any atom is 0.313 e. The summed E-state index contributed by atoms with van der Waals surface area (Å²) in [6.07, 6.45) is 0. The summed E-state index contributed by atoms with van der Waals surface area (Å²) in [6.45, 7) is 6.25. The Morgan fingerprint density at radius 1 is 1.32 bits per heavy atom. The van der Waals surface area contributed by atoms with E-state index in [-0.39, 0.29) is 5.75 Å². The molecule has 0 radical (unpaired) electrons. The highest BCUT2D eigenvalue weighted by atomic mass is 32.2. The molecule has 1 N–H and O–H groups in total. The molecule has 2 rings (SSSR count). The van der Waals surface area contributed by atoms with Gasteiger partial charge in [0.25, 0.3) is 0 Å². The van der Waals surface area contributed by atoms with Crippen LogP contribution >= 0.6 is 23.1 Å². The van der Waals surface area contributed by atoms with Crippen LogP contribution in [0.4, 0.5) is 0 Å². The van der Waals surface area contributed by atoms with Gasteiger partial charge < -0.3 is 5.11 Å². The van der Waals surface area contributed by atoms with Gasteiger partial charge in [-0.25, -0.2) is 4.98 Å². The average Bonchev–Trinajstić information content (AvgIpc) is 2.73. The summed E-state index contributed by atoms with van der Waals surface area (Å²) in [7, 11) is 0. The second-order valence-corrected chi connectivity index (χ2v) is 6.54. The molecule has 0 saturated carbocycles. The van der Waals surface area contributed by atoms with Gasteiger partial charge in [-0.1, -0.05) is 29.5 Å². The molecule has 0 aliphatic rings. The Bertz CT molecular complexity index is 597. The van der Waals surface area contributed by atoms with Crippen molar-refractivity contribution in [2.75, 3.05) is 5.75 Å². The van der Waals surface area contributed by atoms with Crippen molar-refractivity contribution in [2.24, 2.45) is 0 Å². The molecule has 19 heavy (non-hydrogen) atoms. The monoisotopic (exact) mass is 293 g/mol. The Balaban J connectivity index is 2.30. The molecule has 5 heteroatoms. The number of aryl methyl sites for hydroxylation is 3. The van der Waals surface area contributed by atoms with Gasteiger partial charge >= 0.3 is 5.97 Å². The molecular formula is C14H15NO2S2. The van der Waals surface area contributed by atoms with Crippen molar-refractivity contribution in [1.82, 2.24) is 4.98 Å². The van der Waals surface area contributed by atoms with Gasteiger partial charge in [-0.3, -0.25) is 4.79 Å². The van der Waals surface area contributed by atoms with E-state index in [0.717, 1.165) is 15.6 Å². The zero-order chi connectivity index (χ0) is 14.0. The second kappa shape index (κ2) is 5.75. The van der Waals surface area contributed by atoms with Crippen LogP contribution in [-0.2, 0) is 4.79 Å². The SMILES string of the molecule is Cc1cc(C)c(-c2csc(SCC(=O)O)n2)c(C)c1. The van der Waals surface area contributed by atoms with Gasteiger partial charge in [-0.05, 0) is 31.9 Å². The van der Waals surface area contributed by atoms with Gasteiger partial charge in [0.05, 0.1) is 11.4 Å². The number of rotatable bonds is 4. The fourth-order valence-electron chi connectivity index (χ4n) is 2.15. The summed E-state index contributed by atoms with van der Waals surface area (Å²) >= 11 is 2.76. The van der Waals surface area contributed by atoms with Crippen LogP contribution < -0.4 is 0 Å². The highest BCUT2D eigenvalue weighted by molar-refractivity contribution is 8.01. The van der Waals surface area contributed by atoms with Crippen LogP contribution in [0, 0.1) is 20.8 Å². The summed E-state index contributed by atoms with van der Waals surface area (Å²) in [6, 6.07) is 4.29. The Morgan fingerprint density at radius 3 is 2.53 bits per heavy atom. The fraction of sp³-hybridized carbons (Fsp3) is 0.286. The molecule has 2 aromatic rings. The summed E-state index contributed by atoms with van der Waals surface area (Å²) in [5, 5.41) is 10.7. The largest absolute Gasteiger partial charge is 0.481 e. The lowest BCUT2D eigenvalue weighted by Crippen LogP contribution is -1.97. The molecule has 3 nitrogen and oxygen atoms in total. The van der Waals surface area contributed by atoms with Gasteiger partial charge in [0.2, 0.25) is 0 Å². The molecule has 0 spiro atoms. The lowest BCUT2D eigenvalue weighted by atomic mass is 9.98. The molecule has 0 aliphatic carbocycles. The predicted octanol–water partition coefficient (Wildman–Crippen LogP) is 3.91. The summed E-state index contributed by atoms with van der Waals surface area (Å²) in [4.78, 5) is 15.1. The number of aromatic nitrogens is 1. The van der Waals surface area contributed by atoms with Gasteiger partial charge in [-0.2, -0.15) is 0 Å². The van der Waals surface area contributed by atoms with Crippen molar-refractivity contribution >= 4 is 29.1 Å². The first-order chi connectivity index (χ1) is 8.97. The standard InChI is InChI=1S/C14H15NO2S2/c1-8-4-9(2)13(10(3)5-8)11-6-18-14(15-11)19-7-12(16)17/h4-6H,7H2,1-3H3,(H,16,17). The number of carbonyl (C=O) groups is 1. The summed E-state index contributed by atoms with van der Waals surface area (Å²) in [5.41, 5.74) is 5.75. The number of aliphatic carboxylic acids is 1. The molecule has 0 unspecified atom stereocenters. The molecule has 0 fully saturated rings. The van der Waals surface area contributed by atoms with E-state index in [0.29, 0.717) is 0 Å². The molecular weight excluding hydrogens is 278 g/mol. The molecule has 100 valence electrons. The normalized spacial score (nSPS) is 10.7. The zero-order valence-electron chi connectivity index (χ0n) is 11.1. The van der Waals surface area contributed by atoms with E-state index in [9.17, 15) is 4.79 Å². The molecule has 0 bridgehead atoms. The van der Waals surface area contributed by atoms with Crippen LogP contribution in [0.2, 0.25) is 0 Å². The van der Waals surface area contributed by atoms with E-state index in [1.165, 1.54) is 39.8 Å². The molecule has 0 amide bonds. The van der Waals surface area contributed by atoms with Crippen LogP contribution in [0.3, 0.4) is 0 Å². The molecule has 0 saturated heterocycles. The topological polar surface area (TPSA) is 50.2 Å². The molecule has 1 aromatic carbocycles. The van der Waals surface area contributed by atoms with Gasteiger partial charge in [0, 0.05) is 10.9 Å². The fourth-order valence-corrected chi connectivity index (χ4v) is 3.68. The number of hydrogen-bond acceptors (Lipinski definition) is 4. The third kappa shape index (κ3) is 3.36. The first-order valence-corrected chi connectivity index (χ1v) is 7.72. The van der Waals surface area contributed by atoms with E-state index in [2.05, 4.69) is 37.9 Å². The Hall–Kier alpha value is -1.33. The first-order valence-electron chi connectivity index (χ1n) is 5.85. The van der Waals surface area contributed by atoms with Gasteiger partial charge in [0.15, 0.2) is 4.34 Å². The number of benzene rings is 1. The minimum Gasteiger partial charge on any atom is -0.481 e. The van der Waals surface area contributed by atoms with Crippen molar-refractivity contribution < 1.29 is 9.90 Å². The van der Waals surface area contributed by atoms with Crippen LogP contribution in [0.15, 0.2) is 21.9 Å². The van der Waals surface area contributed by atoms with Gasteiger partial charge in [0.1, 0.15) is 0 Å². The molecule has 0 atom stereocenters. The number of thiazole rings is 1. The first kappa shape index (κ1) is 14.1. The minimum absolute atomic E-state index is 0.0544. The van der Waals surface area contributed by atoms with E-state index < -0.39 is 5.97 Å². The van der Waals surface area contributed by atoms with Crippen molar-refractivity contribution in [2.45, 2.75) is 25.1 Å². The number of nitrogens with zero attached hydrogens (tertiary/aromatic N) is 1. The van der Waals surface area contributed by atoms with Gasteiger partial charge in [-0.15, -0.1) is 11.3 Å². The highest BCUT2D eigenvalue weighted by Crippen LogP contribution is 2.32. The van der Waals surface area contributed by atoms with Crippen molar-refractivity contribution in [3.05, 3.63) is 34.2 Å². The Kier molecular flexibility index (Phi) is 4.27. The number of thioether (sulfide) groups is 1. The van der Waals surface area contributed by atoms with Crippen molar-refractivity contribution in [3.8, 4) is 11.3 Å². The van der Waals surface area contributed by atoms with Crippen LogP contribution in [0.5, 0.6) is 0 Å². The Morgan fingerprint density at radius 2 is 1.95 bits per heavy atom. The van der Waals surface area contributed by atoms with E-state index in [1.807, 2.05) is 5.38 Å².